The molecule has 1 unspecified atom stereocenters. The van der Waals surface area contributed by atoms with Gasteiger partial charge in [0, 0.05) is 6.54 Å². The number of nitrogens with zero attached hydrogens (tertiary/aromatic N) is 3. The topological polar surface area (TPSA) is 90.2 Å². The van der Waals surface area contributed by atoms with Crippen LogP contribution in [0.15, 0.2) is 0 Å². The highest BCUT2D eigenvalue weighted by molar-refractivity contribution is 5.48. The second-order valence-corrected chi connectivity index (χ2v) is 4.31. The average molecular weight is 268 g/mol. The number of aryl methyl sites for hydroxylation is 1. The third-order valence-electron chi connectivity index (χ3n) is 2.63. The van der Waals surface area contributed by atoms with Crippen LogP contribution in [-0.2, 0) is 0 Å². The van der Waals surface area contributed by atoms with Crippen LogP contribution >= 0.6 is 0 Å². The molecule has 19 heavy (non-hydrogen) atoms. The van der Waals surface area contributed by atoms with Crippen LogP contribution in [-0.4, -0.2) is 27.5 Å². The van der Waals surface area contributed by atoms with E-state index in [1.807, 2.05) is 20.8 Å². The molecule has 0 saturated heterocycles. The lowest BCUT2D eigenvalue weighted by Crippen LogP contribution is -2.15. The molecule has 0 aromatic carbocycles. The molecule has 1 atom stereocenters. The number of anilines is 1. The van der Waals surface area contributed by atoms with Crippen molar-refractivity contribution in [3.63, 3.8) is 0 Å². The first-order chi connectivity index (χ1) is 8.99. The Morgan fingerprint density at radius 1 is 1.42 bits per heavy atom. The van der Waals surface area contributed by atoms with Gasteiger partial charge in [-0.2, -0.15) is 4.98 Å². The van der Waals surface area contributed by atoms with Gasteiger partial charge in [0.25, 0.3) is 5.88 Å². The van der Waals surface area contributed by atoms with Gasteiger partial charge in [0.15, 0.2) is 0 Å². The Morgan fingerprint density at radius 2 is 2.11 bits per heavy atom. The highest BCUT2D eigenvalue weighted by atomic mass is 16.6. The molecule has 106 valence electrons. The smallest absolute Gasteiger partial charge is 0.352 e. The molecule has 0 amide bonds. The molecule has 7 nitrogen and oxygen atoms in total. The van der Waals surface area contributed by atoms with Crippen molar-refractivity contribution in [1.82, 2.24) is 9.97 Å². The first-order valence-corrected chi connectivity index (χ1v) is 6.43. The van der Waals surface area contributed by atoms with Gasteiger partial charge in [-0.1, -0.05) is 13.8 Å². The molecule has 0 aliphatic carbocycles. The summed E-state index contributed by atoms with van der Waals surface area (Å²) in [4.78, 5) is 18.7. The quantitative estimate of drug-likeness (QED) is 0.604. The fourth-order valence-electron chi connectivity index (χ4n) is 1.42. The third kappa shape index (κ3) is 4.04. The van der Waals surface area contributed by atoms with Gasteiger partial charge in [0.1, 0.15) is 5.69 Å². The molecular weight excluding hydrogens is 248 g/mol. The molecule has 0 spiro atoms. The number of nitro groups is 1. The fraction of sp³-hybridized carbons (Fsp3) is 0.667. The molecule has 1 heterocycles. The molecule has 1 N–H and O–H groups in total. The number of rotatable bonds is 7. The monoisotopic (exact) mass is 268 g/mol. The number of ether oxygens (including phenoxy) is 1. The van der Waals surface area contributed by atoms with Crippen LogP contribution < -0.4 is 10.1 Å². The molecule has 0 bridgehead atoms. The molecule has 0 fully saturated rings. The van der Waals surface area contributed by atoms with Gasteiger partial charge >= 0.3 is 5.69 Å². The molecule has 1 aromatic rings. The lowest BCUT2D eigenvalue weighted by Gasteiger charge is -2.13. The summed E-state index contributed by atoms with van der Waals surface area (Å²) < 4.78 is 5.52. The van der Waals surface area contributed by atoms with E-state index >= 15 is 0 Å². The molecule has 1 aromatic heterocycles. The van der Waals surface area contributed by atoms with Crippen LogP contribution in [0.4, 0.5) is 11.6 Å². The minimum absolute atomic E-state index is 0.0328. The fourth-order valence-corrected chi connectivity index (χ4v) is 1.42. The highest BCUT2D eigenvalue weighted by Gasteiger charge is 2.24. The van der Waals surface area contributed by atoms with E-state index in [9.17, 15) is 10.1 Å². The lowest BCUT2D eigenvalue weighted by molar-refractivity contribution is -0.387. The van der Waals surface area contributed by atoms with Gasteiger partial charge in [0.05, 0.1) is 11.0 Å². The predicted octanol–water partition coefficient (Wildman–Crippen LogP) is 2.69. The van der Waals surface area contributed by atoms with Gasteiger partial charge in [-0.25, -0.2) is 4.98 Å². The molecule has 0 aliphatic rings. The lowest BCUT2D eigenvalue weighted by atomic mass is 10.3. The first kappa shape index (κ1) is 15.1. The van der Waals surface area contributed by atoms with Crippen LogP contribution in [0.5, 0.6) is 5.88 Å². The van der Waals surface area contributed by atoms with Crippen molar-refractivity contribution in [3.05, 3.63) is 15.8 Å². The SMILES string of the molecule is CCCNc1nc(C)c([N+](=O)[O-])c(OC(C)CC)n1. The van der Waals surface area contributed by atoms with Crippen molar-refractivity contribution in [3.8, 4) is 5.88 Å². The normalized spacial score (nSPS) is 12.0. The van der Waals surface area contributed by atoms with Crippen molar-refractivity contribution in [2.24, 2.45) is 0 Å². The Labute approximate surface area is 112 Å². The zero-order valence-corrected chi connectivity index (χ0v) is 11.8. The Balaban J connectivity index is 3.13. The Bertz CT molecular complexity index is 451. The minimum Gasteiger partial charge on any atom is -0.470 e. The van der Waals surface area contributed by atoms with Crippen molar-refractivity contribution in [2.75, 3.05) is 11.9 Å². The van der Waals surface area contributed by atoms with E-state index in [1.54, 1.807) is 6.92 Å². The van der Waals surface area contributed by atoms with Gasteiger partial charge in [0.2, 0.25) is 5.95 Å². The highest BCUT2D eigenvalue weighted by Crippen LogP contribution is 2.29. The summed E-state index contributed by atoms with van der Waals surface area (Å²) in [5.74, 6) is 0.397. The summed E-state index contributed by atoms with van der Waals surface area (Å²) >= 11 is 0. The van der Waals surface area contributed by atoms with E-state index in [0.717, 1.165) is 12.8 Å². The summed E-state index contributed by atoms with van der Waals surface area (Å²) in [5.41, 5.74) is 0.138. The third-order valence-corrected chi connectivity index (χ3v) is 2.63. The standard InChI is InChI=1S/C12H20N4O3/c1-5-7-13-12-14-9(4)10(16(17)18)11(15-12)19-8(3)6-2/h8H,5-7H2,1-4H3,(H,13,14,15). The summed E-state index contributed by atoms with van der Waals surface area (Å²) in [6, 6.07) is 0. The number of hydrogen-bond donors (Lipinski definition) is 1. The van der Waals surface area contributed by atoms with E-state index in [4.69, 9.17) is 4.74 Å². The molecule has 1 rings (SSSR count). The predicted molar refractivity (Wildman–Crippen MR) is 72.6 cm³/mol. The Kier molecular flexibility index (Phi) is 5.47. The molecular formula is C12H20N4O3. The molecule has 0 saturated carbocycles. The van der Waals surface area contributed by atoms with Crippen molar-refractivity contribution in [1.29, 1.82) is 0 Å². The van der Waals surface area contributed by atoms with E-state index in [0.29, 0.717) is 18.2 Å². The zero-order chi connectivity index (χ0) is 14.4. The van der Waals surface area contributed by atoms with Crippen LogP contribution in [0.25, 0.3) is 0 Å². The van der Waals surface area contributed by atoms with Gasteiger partial charge in [-0.15, -0.1) is 0 Å². The second kappa shape index (κ2) is 6.86. The van der Waals surface area contributed by atoms with Crippen LogP contribution in [0, 0.1) is 17.0 Å². The van der Waals surface area contributed by atoms with Crippen LogP contribution in [0.2, 0.25) is 0 Å². The maximum absolute atomic E-state index is 11.1. The molecule has 7 heteroatoms. The minimum atomic E-state index is -0.503. The summed E-state index contributed by atoms with van der Waals surface area (Å²) in [6.45, 7) is 8.10. The van der Waals surface area contributed by atoms with E-state index in [-0.39, 0.29) is 17.7 Å². The number of hydrogen-bond acceptors (Lipinski definition) is 6. The van der Waals surface area contributed by atoms with Gasteiger partial charge < -0.3 is 10.1 Å². The Hall–Kier alpha value is -1.92. The second-order valence-electron chi connectivity index (χ2n) is 4.31. The van der Waals surface area contributed by atoms with Crippen LogP contribution in [0.3, 0.4) is 0 Å². The molecule has 0 aliphatic heterocycles. The Morgan fingerprint density at radius 3 is 2.63 bits per heavy atom. The summed E-state index contributed by atoms with van der Waals surface area (Å²) in [5, 5.41) is 14.1. The van der Waals surface area contributed by atoms with Gasteiger partial charge in [-0.05, 0) is 26.7 Å². The van der Waals surface area contributed by atoms with Crippen molar-refractivity contribution in [2.45, 2.75) is 46.6 Å². The van der Waals surface area contributed by atoms with Crippen molar-refractivity contribution >= 4 is 11.6 Å². The number of aromatic nitrogens is 2. The van der Waals surface area contributed by atoms with E-state index < -0.39 is 4.92 Å². The maximum atomic E-state index is 11.1. The van der Waals surface area contributed by atoms with Crippen LogP contribution in [0.1, 0.15) is 39.3 Å². The van der Waals surface area contributed by atoms with Crippen molar-refractivity contribution < 1.29 is 9.66 Å². The van der Waals surface area contributed by atoms with E-state index in [1.165, 1.54) is 0 Å². The number of nitrogens with one attached hydrogen (secondary N) is 1. The zero-order valence-electron chi connectivity index (χ0n) is 11.8. The summed E-state index contributed by atoms with van der Waals surface area (Å²) in [6.07, 6.45) is 1.53. The van der Waals surface area contributed by atoms with E-state index in [2.05, 4.69) is 15.3 Å². The average Bonchev–Trinajstić information content (AvgIpc) is 2.35. The first-order valence-electron chi connectivity index (χ1n) is 6.43. The largest absolute Gasteiger partial charge is 0.470 e. The van der Waals surface area contributed by atoms with Gasteiger partial charge in [-0.3, -0.25) is 10.1 Å². The molecule has 0 radical (unpaired) electrons. The summed E-state index contributed by atoms with van der Waals surface area (Å²) in [7, 11) is 0. The maximum Gasteiger partial charge on any atom is 0.352 e.